The molecule has 0 saturated carbocycles. The Morgan fingerprint density at radius 1 is 1.00 bits per heavy atom. The fourth-order valence-corrected chi connectivity index (χ4v) is 2.79. The minimum absolute atomic E-state index is 0.0996. The van der Waals surface area contributed by atoms with Crippen LogP contribution in [-0.4, -0.2) is 52.2 Å². The van der Waals surface area contributed by atoms with E-state index in [0.717, 1.165) is 11.4 Å². The van der Waals surface area contributed by atoms with E-state index < -0.39 is 0 Å². The van der Waals surface area contributed by atoms with Gasteiger partial charge in [-0.05, 0) is 40.0 Å². The maximum Gasteiger partial charge on any atom is 0.239 e. The van der Waals surface area contributed by atoms with Crippen molar-refractivity contribution in [3.63, 3.8) is 0 Å². The summed E-state index contributed by atoms with van der Waals surface area (Å²) in [6, 6.07) is 11.6. The smallest absolute Gasteiger partial charge is 0.239 e. The molecule has 1 heterocycles. The number of carbonyl (C=O) groups excluding carboxylic acids is 2. The highest BCUT2D eigenvalue weighted by Gasteiger charge is 2.22. The predicted octanol–water partition coefficient (Wildman–Crippen LogP) is 2.95. The second-order valence-electron chi connectivity index (χ2n) is 9.43. The van der Waals surface area contributed by atoms with E-state index >= 15 is 0 Å². The van der Waals surface area contributed by atoms with Gasteiger partial charge >= 0.3 is 0 Å². The lowest BCUT2D eigenvalue weighted by molar-refractivity contribution is -0.124. The van der Waals surface area contributed by atoms with Gasteiger partial charge < -0.3 is 10.6 Å². The lowest BCUT2D eigenvalue weighted by atomic mass is 9.92. The van der Waals surface area contributed by atoms with Gasteiger partial charge in [0.2, 0.25) is 11.8 Å². The standard InChI is InChI=1S/C22H33N5O2/c1-21(2,3)17-13-18(27(25-17)16-11-9-8-10-12-16)23-19(28)14-26(7)15-20(29)24-22(4,5)6/h8-13H,14-15H2,1-7H3,(H,23,28)(H,24,29). The fraction of sp³-hybridized carbons (Fsp3) is 0.500. The van der Waals surface area contributed by atoms with Crippen LogP contribution in [0.1, 0.15) is 47.2 Å². The first-order chi connectivity index (χ1) is 13.3. The number of likely N-dealkylation sites (N-methyl/N-ethyl adjacent to an activating group) is 1. The van der Waals surface area contributed by atoms with E-state index in [9.17, 15) is 9.59 Å². The van der Waals surface area contributed by atoms with Crippen molar-refractivity contribution in [2.75, 3.05) is 25.5 Å². The Morgan fingerprint density at radius 2 is 1.59 bits per heavy atom. The summed E-state index contributed by atoms with van der Waals surface area (Å²) in [5.74, 6) is 0.296. The van der Waals surface area contributed by atoms with E-state index in [1.807, 2.05) is 57.2 Å². The van der Waals surface area contributed by atoms with Gasteiger partial charge in [-0.1, -0.05) is 39.0 Å². The Labute approximate surface area is 173 Å². The molecule has 0 radical (unpaired) electrons. The molecule has 1 aromatic heterocycles. The zero-order chi connectivity index (χ0) is 21.8. The third-order valence-corrected chi connectivity index (χ3v) is 4.09. The molecule has 158 valence electrons. The number of aromatic nitrogens is 2. The van der Waals surface area contributed by atoms with Crippen LogP contribution in [0.15, 0.2) is 36.4 Å². The molecule has 2 N–H and O–H groups in total. The maximum absolute atomic E-state index is 12.6. The Hall–Kier alpha value is -2.67. The minimum Gasteiger partial charge on any atom is -0.350 e. The lowest BCUT2D eigenvalue weighted by Gasteiger charge is -2.23. The molecule has 0 aliphatic heterocycles. The number of carbonyl (C=O) groups is 2. The van der Waals surface area contributed by atoms with Crippen LogP contribution in [0, 0.1) is 0 Å². The van der Waals surface area contributed by atoms with Crippen molar-refractivity contribution < 1.29 is 9.59 Å². The zero-order valence-corrected chi connectivity index (χ0v) is 18.5. The van der Waals surface area contributed by atoms with Gasteiger partial charge in [-0.15, -0.1) is 0 Å². The summed E-state index contributed by atoms with van der Waals surface area (Å²) in [5.41, 5.74) is 1.30. The summed E-state index contributed by atoms with van der Waals surface area (Å²) in [5, 5.41) is 10.5. The third-order valence-electron chi connectivity index (χ3n) is 4.09. The van der Waals surface area contributed by atoms with E-state index in [0.29, 0.717) is 5.82 Å². The van der Waals surface area contributed by atoms with Crippen molar-refractivity contribution in [1.29, 1.82) is 0 Å². The number of nitrogens with zero attached hydrogens (tertiary/aromatic N) is 3. The van der Waals surface area contributed by atoms with Crippen LogP contribution < -0.4 is 10.6 Å². The van der Waals surface area contributed by atoms with Gasteiger partial charge in [-0.25, -0.2) is 4.68 Å². The number of amides is 2. The molecule has 7 heteroatoms. The number of anilines is 1. The molecule has 0 bridgehead atoms. The normalized spacial score (nSPS) is 12.1. The van der Waals surface area contributed by atoms with Gasteiger partial charge in [0.25, 0.3) is 0 Å². The van der Waals surface area contributed by atoms with Gasteiger partial charge in [0.1, 0.15) is 5.82 Å². The van der Waals surface area contributed by atoms with E-state index in [1.54, 1.807) is 16.6 Å². The molecule has 0 unspecified atom stereocenters. The zero-order valence-electron chi connectivity index (χ0n) is 18.5. The number of benzene rings is 1. The molecule has 29 heavy (non-hydrogen) atoms. The molecule has 0 fully saturated rings. The average molecular weight is 400 g/mol. The Balaban J connectivity index is 2.11. The van der Waals surface area contributed by atoms with Crippen LogP contribution in [-0.2, 0) is 15.0 Å². The van der Waals surface area contributed by atoms with Crippen molar-refractivity contribution in [3.8, 4) is 5.69 Å². The summed E-state index contributed by atoms with van der Waals surface area (Å²) >= 11 is 0. The Bertz CT molecular complexity index is 844. The molecule has 2 amide bonds. The largest absolute Gasteiger partial charge is 0.350 e. The Morgan fingerprint density at radius 3 is 2.14 bits per heavy atom. The summed E-state index contributed by atoms with van der Waals surface area (Å²) in [6.45, 7) is 12.3. The number of nitrogens with one attached hydrogen (secondary N) is 2. The molecule has 7 nitrogen and oxygen atoms in total. The molecule has 1 aromatic carbocycles. The van der Waals surface area contributed by atoms with Crippen molar-refractivity contribution in [2.24, 2.45) is 0 Å². The van der Waals surface area contributed by atoms with Crippen LogP contribution in [0.2, 0.25) is 0 Å². The monoisotopic (exact) mass is 399 g/mol. The fourth-order valence-electron chi connectivity index (χ4n) is 2.79. The molecule has 0 aliphatic rings. The SMILES string of the molecule is CN(CC(=O)Nc1cc(C(C)(C)C)nn1-c1ccccc1)CC(=O)NC(C)(C)C. The summed E-state index contributed by atoms with van der Waals surface area (Å²) in [4.78, 5) is 26.4. The van der Waals surface area contributed by atoms with E-state index in [1.165, 1.54) is 0 Å². The highest BCUT2D eigenvalue weighted by atomic mass is 16.2. The van der Waals surface area contributed by atoms with Gasteiger partial charge in [-0.3, -0.25) is 14.5 Å². The van der Waals surface area contributed by atoms with Gasteiger partial charge in [0.05, 0.1) is 24.5 Å². The molecular formula is C22H33N5O2. The van der Waals surface area contributed by atoms with Crippen LogP contribution in [0.3, 0.4) is 0 Å². The molecule has 0 spiro atoms. The maximum atomic E-state index is 12.6. The van der Waals surface area contributed by atoms with Crippen LogP contribution in [0.5, 0.6) is 0 Å². The summed E-state index contributed by atoms with van der Waals surface area (Å²) < 4.78 is 1.74. The first-order valence-electron chi connectivity index (χ1n) is 9.80. The minimum atomic E-state index is -0.300. The topological polar surface area (TPSA) is 79.3 Å². The molecule has 0 aliphatic carbocycles. The number of hydrogen-bond acceptors (Lipinski definition) is 4. The van der Waals surface area contributed by atoms with Crippen molar-refractivity contribution in [2.45, 2.75) is 52.5 Å². The second kappa shape index (κ2) is 8.78. The van der Waals surface area contributed by atoms with Crippen molar-refractivity contribution in [3.05, 3.63) is 42.1 Å². The van der Waals surface area contributed by atoms with E-state index in [-0.39, 0.29) is 35.9 Å². The highest BCUT2D eigenvalue weighted by Crippen LogP contribution is 2.26. The van der Waals surface area contributed by atoms with Crippen LogP contribution in [0.25, 0.3) is 5.69 Å². The van der Waals surface area contributed by atoms with Crippen molar-refractivity contribution in [1.82, 2.24) is 20.0 Å². The lowest BCUT2D eigenvalue weighted by Crippen LogP contribution is -2.46. The van der Waals surface area contributed by atoms with Gasteiger partial charge in [-0.2, -0.15) is 5.10 Å². The van der Waals surface area contributed by atoms with Crippen molar-refractivity contribution >= 4 is 17.6 Å². The van der Waals surface area contributed by atoms with Gasteiger partial charge in [0.15, 0.2) is 0 Å². The quantitative estimate of drug-likeness (QED) is 0.783. The first-order valence-corrected chi connectivity index (χ1v) is 9.80. The summed E-state index contributed by atoms with van der Waals surface area (Å²) in [6.07, 6.45) is 0. The number of rotatable bonds is 6. The number of hydrogen-bond donors (Lipinski definition) is 2. The molecule has 0 saturated heterocycles. The molecule has 2 rings (SSSR count). The third kappa shape index (κ3) is 7.02. The predicted molar refractivity (Wildman–Crippen MR) is 116 cm³/mol. The molecular weight excluding hydrogens is 366 g/mol. The van der Waals surface area contributed by atoms with Crippen LogP contribution in [0.4, 0.5) is 5.82 Å². The Kier molecular flexibility index (Phi) is 6.85. The first kappa shape index (κ1) is 22.6. The highest BCUT2D eigenvalue weighted by molar-refractivity contribution is 5.92. The molecule has 2 aromatic rings. The van der Waals surface area contributed by atoms with Crippen LogP contribution >= 0.6 is 0 Å². The second-order valence-corrected chi connectivity index (χ2v) is 9.43. The van der Waals surface area contributed by atoms with E-state index in [2.05, 4.69) is 31.4 Å². The molecule has 0 atom stereocenters. The average Bonchev–Trinajstić information content (AvgIpc) is 2.97. The van der Waals surface area contributed by atoms with E-state index in [4.69, 9.17) is 5.10 Å². The number of para-hydroxylation sites is 1. The summed E-state index contributed by atoms with van der Waals surface area (Å²) in [7, 11) is 1.75. The van der Waals surface area contributed by atoms with Gasteiger partial charge in [0, 0.05) is 17.0 Å².